The van der Waals surface area contributed by atoms with Crippen molar-refractivity contribution in [2.45, 2.75) is 51.9 Å². The second-order valence-corrected chi connectivity index (χ2v) is 6.50. The van der Waals surface area contributed by atoms with Crippen molar-refractivity contribution in [1.82, 2.24) is 20.6 Å². The Balaban J connectivity index is 1.63. The Kier molecular flexibility index (Phi) is 6.30. The Bertz CT molecular complexity index is 950. The number of carbonyl (C=O) groups excluding carboxylic acids is 1. The zero-order valence-electron chi connectivity index (χ0n) is 15.3. The zero-order valence-corrected chi connectivity index (χ0v) is 15.3. The summed E-state index contributed by atoms with van der Waals surface area (Å²) >= 11 is 0. The Morgan fingerprint density at radius 1 is 1.15 bits per heavy atom. The van der Waals surface area contributed by atoms with E-state index in [-0.39, 0.29) is 22.9 Å². The van der Waals surface area contributed by atoms with Crippen LogP contribution in [0.25, 0.3) is 22.6 Å². The molecule has 2 heterocycles. The van der Waals surface area contributed by atoms with Gasteiger partial charge in [0.15, 0.2) is 11.2 Å². The first-order chi connectivity index (χ1) is 13.2. The van der Waals surface area contributed by atoms with E-state index in [1.165, 1.54) is 31.7 Å². The number of H-pyrrole nitrogens is 1. The summed E-state index contributed by atoms with van der Waals surface area (Å²) in [6.45, 7) is 2.18. The van der Waals surface area contributed by atoms with Gasteiger partial charge in [0, 0.05) is 18.2 Å². The number of benzene rings is 1. The Morgan fingerprint density at radius 3 is 2.74 bits per heavy atom. The number of amides is 1. The second-order valence-electron chi connectivity index (χ2n) is 6.50. The third kappa shape index (κ3) is 4.99. The third-order valence-electron chi connectivity index (χ3n) is 4.35. The van der Waals surface area contributed by atoms with Gasteiger partial charge in [-0.05, 0) is 35.0 Å². The van der Waals surface area contributed by atoms with Crippen molar-refractivity contribution in [2.75, 3.05) is 5.32 Å². The fourth-order valence-electron chi connectivity index (χ4n) is 2.90. The highest BCUT2D eigenvalue weighted by molar-refractivity contribution is 5.93. The van der Waals surface area contributed by atoms with Crippen molar-refractivity contribution >= 4 is 22.6 Å². The number of unbranched alkanes of at least 4 members (excludes halogenated alkanes) is 5. The van der Waals surface area contributed by atoms with Crippen LogP contribution in [0, 0.1) is 0 Å². The lowest BCUT2D eigenvalue weighted by Gasteiger charge is -2.07. The maximum absolute atomic E-state index is 12.4. The van der Waals surface area contributed by atoms with E-state index in [0.29, 0.717) is 23.1 Å². The van der Waals surface area contributed by atoms with Crippen molar-refractivity contribution in [3.05, 3.63) is 34.5 Å². The molecule has 142 valence electrons. The van der Waals surface area contributed by atoms with Crippen LogP contribution in [0.3, 0.4) is 0 Å². The molecular weight excluding hydrogens is 346 g/mol. The molecule has 0 atom stereocenters. The van der Waals surface area contributed by atoms with Crippen molar-refractivity contribution < 1.29 is 9.21 Å². The van der Waals surface area contributed by atoms with Gasteiger partial charge in [-0.2, -0.15) is 0 Å². The van der Waals surface area contributed by atoms with Gasteiger partial charge in [-0.3, -0.25) is 9.59 Å². The molecule has 0 aliphatic carbocycles. The predicted molar refractivity (Wildman–Crippen MR) is 102 cm³/mol. The van der Waals surface area contributed by atoms with Gasteiger partial charge in [-0.1, -0.05) is 39.0 Å². The summed E-state index contributed by atoms with van der Waals surface area (Å²) in [6.07, 6.45) is 7.28. The minimum absolute atomic E-state index is 0.0430. The predicted octanol–water partition coefficient (Wildman–Crippen LogP) is 3.66. The molecule has 0 bridgehead atoms. The number of hydrogen-bond acceptors (Lipinski definition) is 6. The smallest absolute Gasteiger partial charge is 0.224 e. The molecular formula is C19H23N5O3. The fourth-order valence-corrected chi connectivity index (χ4v) is 2.90. The molecule has 8 heteroatoms. The van der Waals surface area contributed by atoms with Crippen molar-refractivity contribution in [1.29, 1.82) is 0 Å². The Hall–Kier alpha value is -3.03. The number of rotatable bonds is 9. The molecule has 0 spiro atoms. The molecule has 8 nitrogen and oxygen atoms in total. The second kappa shape index (κ2) is 9.07. The normalized spacial score (nSPS) is 11.0. The van der Waals surface area contributed by atoms with Gasteiger partial charge in [-0.15, -0.1) is 5.10 Å². The number of fused-ring (bicyclic) bond motifs is 1. The van der Waals surface area contributed by atoms with Crippen LogP contribution in [0.5, 0.6) is 0 Å². The highest BCUT2D eigenvalue weighted by Crippen LogP contribution is 2.21. The number of hydrogen-bond donors (Lipinski definition) is 2. The molecule has 0 saturated heterocycles. The van der Waals surface area contributed by atoms with E-state index < -0.39 is 0 Å². The summed E-state index contributed by atoms with van der Waals surface area (Å²) in [7, 11) is 0. The monoisotopic (exact) mass is 369 g/mol. The van der Waals surface area contributed by atoms with Crippen LogP contribution in [0.2, 0.25) is 0 Å². The molecule has 1 amide bonds. The zero-order chi connectivity index (χ0) is 19.1. The van der Waals surface area contributed by atoms with Gasteiger partial charge in [0.05, 0.1) is 5.39 Å². The lowest BCUT2D eigenvalue weighted by molar-refractivity contribution is -0.116. The largest absolute Gasteiger partial charge is 0.452 e. The average molecular weight is 369 g/mol. The number of carbonyl (C=O) groups is 1. The van der Waals surface area contributed by atoms with E-state index >= 15 is 0 Å². The summed E-state index contributed by atoms with van der Waals surface area (Å²) < 4.78 is 5.67. The molecule has 3 aromatic rings. The van der Waals surface area contributed by atoms with Crippen LogP contribution in [0.4, 0.5) is 5.69 Å². The summed E-state index contributed by atoms with van der Waals surface area (Å²) in [5.74, 6) is 0.501. The number of aromatic amines is 1. The summed E-state index contributed by atoms with van der Waals surface area (Å²) in [4.78, 5) is 24.5. The molecule has 0 unspecified atom stereocenters. The fraction of sp³-hybridized carbons (Fsp3) is 0.421. The van der Waals surface area contributed by atoms with E-state index in [1.807, 2.05) is 0 Å². The molecule has 0 aliphatic rings. The molecule has 3 rings (SSSR count). The molecule has 0 radical (unpaired) electrons. The summed E-state index contributed by atoms with van der Waals surface area (Å²) in [6, 6.07) is 6.33. The Morgan fingerprint density at radius 2 is 1.96 bits per heavy atom. The number of tetrazole rings is 1. The average Bonchev–Trinajstić information content (AvgIpc) is 3.20. The van der Waals surface area contributed by atoms with Crippen LogP contribution >= 0.6 is 0 Å². The van der Waals surface area contributed by atoms with E-state index in [0.717, 1.165) is 12.8 Å². The first-order valence-corrected chi connectivity index (χ1v) is 9.29. The lowest BCUT2D eigenvalue weighted by atomic mass is 10.1. The van der Waals surface area contributed by atoms with E-state index in [2.05, 4.69) is 32.9 Å². The SMILES string of the molecule is CCCCCCCCC(=O)Nc1ccc2oc(-c3nnn[nH]3)cc(=O)c2c1. The maximum atomic E-state index is 12.4. The van der Waals surface area contributed by atoms with Gasteiger partial charge in [0.2, 0.25) is 11.7 Å². The van der Waals surface area contributed by atoms with Gasteiger partial charge in [0.1, 0.15) is 5.58 Å². The van der Waals surface area contributed by atoms with Crippen LogP contribution in [-0.4, -0.2) is 26.5 Å². The standard InChI is InChI=1S/C19H23N5O3/c1-2-3-4-5-6-7-8-18(26)20-13-9-10-16-14(11-13)15(25)12-17(27-16)19-21-23-24-22-19/h9-12H,2-8H2,1H3,(H,20,26)(H,21,22,23,24). The first-order valence-electron chi connectivity index (χ1n) is 9.29. The summed E-state index contributed by atoms with van der Waals surface area (Å²) in [5.41, 5.74) is 0.761. The van der Waals surface area contributed by atoms with Crippen LogP contribution in [0.15, 0.2) is 33.5 Å². The number of aromatic nitrogens is 4. The molecule has 2 N–H and O–H groups in total. The first kappa shape index (κ1) is 18.8. The van der Waals surface area contributed by atoms with Gasteiger partial charge < -0.3 is 9.73 Å². The molecule has 0 saturated carbocycles. The van der Waals surface area contributed by atoms with Crippen molar-refractivity contribution in [3.8, 4) is 11.6 Å². The van der Waals surface area contributed by atoms with Gasteiger partial charge >= 0.3 is 0 Å². The van der Waals surface area contributed by atoms with Crippen LogP contribution in [0.1, 0.15) is 51.9 Å². The number of anilines is 1. The van der Waals surface area contributed by atoms with Gasteiger partial charge in [0.25, 0.3) is 0 Å². The van der Waals surface area contributed by atoms with E-state index in [1.54, 1.807) is 18.2 Å². The Labute approximate surface area is 156 Å². The molecule has 0 aliphatic heterocycles. The molecule has 0 fully saturated rings. The molecule has 1 aromatic carbocycles. The lowest BCUT2D eigenvalue weighted by Crippen LogP contribution is -2.11. The highest BCUT2D eigenvalue weighted by atomic mass is 16.3. The minimum Gasteiger partial charge on any atom is -0.452 e. The van der Waals surface area contributed by atoms with Crippen LogP contribution < -0.4 is 10.7 Å². The quantitative estimate of drug-likeness (QED) is 0.556. The minimum atomic E-state index is -0.227. The van der Waals surface area contributed by atoms with Crippen LogP contribution in [-0.2, 0) is 4.79 Å². The third-order valence-corrected chi connectivity index (χ3v) is 4.35. The highest BCUT2D eigenvalue weighted by Gasteiger charge is 2.11. The molecule has 2 aromatic heterocycles. The maximum Gasteiger partial charge on any atom is 0.224 e. The topological polar surface area (TPSA) is 114 Å². The van der Waals surface area contributed by atoms with E-state index in [4.69, 9.17) is 4.42 Å². The van der Waals surface area contributed by atoms with Crippen molar-refractivity contribution in [2.24, 2.45) is 0 Å². The summed E-state index contributed by atoms with van der Waals surface area (Å²) in [5, 5.41) is 16.5. The van der Waals surface area contributed by atoms with E-state index in [9.17, 15) is 9.59 Å². The molecule has 27 heavy (non-hydrogen) atoms. The van der Waals surface area contributed by atoms with Crippen molar-refractivity contribution in [3.63, 3.8) is 0 Å². The number of nitrogens with zero attached hydrogens (tertiary/aromatic N) is 3. The van der Waals surface area contributed by atoms with Gasteiger partial charge in [-0.25, -0.2) is 5.10 Å². The number of nitrogens with one attached hydrogen (secondary N) is 2.